The highest BCUT2D eigenvalue weighted by atomic mass is 35.5. The third-order valence-corrected chi connectivity index (χ3v) is 4.89. The van der Waals surface area contributed by atoms with Crippen LogP contribution in [0.5, 0.6) is 0 Å². The molecule has 1 N–H and O–H groups in total. The number of nitrogens with zero attached hydrogens (tertiary/aromatic N) is 3. The Labute approximate surface area is 150 Å². The maximum absolute atomic E-state index is 13.9. The Hall–Kier alpha value is -1.99. The number of carbonyl (C=O) groups is 1. The van der Waals surface area contributed by atoms with Crippen molar-refractivity contribution >= 4 is 17.5 Å². The van der Waals surface area contributed by atoms with Crippen molar-refractivity contribution in [3.8, 4) is 0 Å². The van der Waals surface area contributed by atoms with Crippen molar-refractivity contribution in [2.45, 2.75) is 31.8 Å². The van der Waals surface area contributed by atoms with E-state index in [4.69, 9.17) is 16.1 Å². The van der Waals surface area contributed by atoms with E-state index in [0.29, 0.717) is 17.5 Å². The summed E-state index contributed by atoms with van der Waals surface area (Å²) < 4.78 is 18.9. The highest BCUT2D eigenvalue weighted by Crippen LogP contribution is 2.32. The lowest BCUT2D eigenvalue weighted by Crippen LogP contribution is -2.47. The fraction of sp³-hybridized carbons (Fsp3) is 0.471. The highest BCUT2D eigenvalue weighted by molar-refractivity contribution is 6.30. The van der Waals surface area contributed by atoms with E-state index < -0.39 is 11.9 Å². The van der Waals surface area contributed by atoms with E-state index in [1.54, 1.807) is 13.0 Å². The monoisotopic (exact) mass is 366 g/mol. The maximum atomic E-state index is 13.9. The molecule has 1 unspecified atom stereocenters. The lowest BCUT2D eigenvalue weighted by Gasteiger charge is -2.39. The predicted octanol–water partition coefficient (Wildman–Crippen LogP) is 2.72. The molecule has 6 nitrogen and oxygen atoms in total. The van der Waals surface area contributed by atoms with Gasteiger partial charge in [-0.2, -0.15) is 4.98 Å². The number of rotatable bonds is 5. The Morgan fingerprint density at radius 2 is 2.16 bits per heavy atom. The van der Waals surface area contributed by atoms with Gasteiger partial charge in [-0.3, -0.25) is 4.79 Å². The van der Waals surface area contributed by atoms with Crippen molar-refractivity contribution in [3.05, 3.63) is 46.3 Å². The molecule has 1 fully saturated rings. The minimum atomic E-state index is -0.685. The molecule has 1 amide bonds. The van der Waals surface area contributed by atoms with Crippen LogP contribution in [0.2, 0.25) is 5.02 Å². The van der Waals surface area contributed by atoms with E-state index in [-0.39, 0.29) is 22.7 Å². The molecule has 1 aliphatic carbocycles. The zero-order valence-corrected chi connectivity index (χ0v) is 15.0. The average molecular weight is 367 g/mol. The van der Waals surface area contributed by atoms with Gasteiger partial charge in [0.25, 0.3) is 0 Å². The fourth-order valence-electron chi connectivity index (χ4n) is 2.90. The summed E-state index contributed by atoms with van der Waals surface area (Å²) in [7, 11) is 4.00. The standard InChI is InChI=1S/C17H20ClFN4O2/c1-9-20-16(22-25-9)15(10-4-5-13(18)14(19)8-10)21-17(24)11-6-12(7-11)23(2)3/h4-5,8,11-12,15H,6-7H2,1-3H3,(H,21,24). The lowest BCUT2D eigenvalue weighted by molar-refractivity contribution is -0.129. The van der Waals surface area contributed by atoms with Crippen LogP contribution in [0, 0.1) is 18.7 Å². The second-order valence-electron chi connectivity index (χ2n) is 6.57. The van der Waals surface area contributed by atoms with Crippen LogP contribution in [0.15, 0.2) is 22.7 Å². The molecular formula is C17H20ClFN4O2. The van der Waals surface area contributed by atoms with E-state index >= 15 is 0 Å². The van der Waals surface area contributed by atoms with Gasteiger partial charge in [0.05, 0.1) is 5.02 Å². The van der Waals surface area contributed by atoms with Crippen molar-refractivity contribution in [2.24, 2.45) is 5.92 Å². The number of carbonyl (C=O) groups excluding carboxylic acids is 1. The summed E-state index contributed by atoms with van der Waals surface area (Å²) in [5.41, 5.74) is 0.513. The van der Waals surface area contributed by atoms with Gasteiger partial charge in [-0.05, 0) is 44.6 Å². The number of hydrogen-bond donors (Lipinski definition) is 1. The number of aromatic nitrogens is 2. The zero-order chi connectivity index (χ0) is 18.1. The second kappa shape index (κ2) is 7.09. The van der Waals surface area contributed by atoms with Gasteiger partial charge in [0.15, 0.2) is 5.82 Å². The minimum absolute atomic E-state index is 0.0194. The number of benzene rings is 1. The summed E-state index contributed by atoms with van der Waals surface area (Å²) in [6.45, 7) is 1.66. The average Bonchev–Trinajstić information content (AvgIpc) is 2.92. The van der Waals surface area contributed by atoms with Gasteiger partial charge in [0.1, 0.15) is 11.9 Å². The Morgan fingerprint density at radius 3 is 2.72 bits per heavy atom. The van der Waals surface area contributed by atoms with Crippen LogP contribution in [0.4, 0.5) is 4.39 Å². The lowest BCUT2D eigenvalue weighted by atomic mass is 9.79. The third kappa shape index (κ3) is 3.82. The van der Waals surface area contributed by atoms with Crippen molar-refractivity contribution in [2.75, 3.05) is 14.1 Å². The molecule has 0 saturated heterocycles. The molecule has 3 rings (SSSR count). The smallest absolute Gasteiger partial charge is 0.224 e. The number of amides is 1. The van der Waals surface area contributed by atoms with Gasteiger partial charge >= 0.3 is 0 Å². The summed E-state index contributed by atoms with van der Waals surface area (Å²) in [5.74, 6) is -0.0630. The van der Waals surface area contributed by atoms with E-state index in [2.05, 4.69) is 20.4 Å². The normalized spacial score (nSPS) is 21.0. The number of aryl methyl sites for hydroxylation is 1. The van der Waals surface area contributed by atoms with Gasteiger partial charge in [0.2, 0.25) is 11.8 Å². The summed E-state index contributed by atoms with van der Waals surface area (Å²) >= 11 is 5.75. The summed E-state index contributed by atoms with van der Waals surface area (Å²) in [6, 6.07) is 4.10. The van der Waals surface area contributed by atoms with Crippen LogP contribution in [-0.4, -0.2) is 41.1 Å². The summed E-state index contributed by atoms with van der Waals surface area (Å²) in [5, 5.41) is 6.82. The molecule has 8 heteroatoms. The first-order valence-corrected chi connectivity index (χ1v) is 8.45. The Balaban J connectivity index is 1.80. The molecule has 0 spiro atoms. The topological polar surface area (TPSA) is 71.3 Å². The molecule has 134 valence electrons. The van der Waals surface area contributed by atoms with E-state index in [0.717, 1.165) is 12.8 Å². The van der Waals surface area contributed by atoms with Crippen molar-refractivity contribution in [1.82, 2.24) is 20.4 Å². The van der Waals surface area contributed by atoms with Gasteiger partial charge in [-0.25, -0.2) is 4.39 Å². The fourth-order valence-corrected chi connectivity index (χ4v) is 3.02. The van der Waals surface area contributed by atoms with E-state index in [1.807, 2.05) is 14.1 Å². The number of nitrogens with one attached hydrogen (secondary N) is 1. The van der Waals surface area contributed by atoms with Crippen LogP contribution >= 0.6 is 11.6 Å². The van der Waals surface area contributed by atoms with Crippen LogP contribution in [0.1, 0.15) is 36.2 Å². The molecule has 0 aliphatic heterocycles. The first-order chi connectivity index (χ1) is 11.8. The number of hydrogen-bond acceptors (Lipinski definition) is 5. The Morgan fingerprint density at radius 1 is 1.44 bits per heavy atom. The molecule has 25 heavy (non-hydrogen) atoms. The van der Waals surface area contributed by atoms with Crippen LogP contribution in [0.25, 0.3) is 0 Å². The van der Waals surface area contributed by atoms with Gasteiger partial charge in [-0.1, -0.05) is 22.8 Å². The number of halogens is 2. The first kappa shape index (κ1) is 17.8. The molecule has 1 saturated carbocycles. The summed E-state index contributed by atoms with van der Waals surface area (Å²) in [6.07, 6.45) is 1.59. The van der Waals surface area contributed by atoms with Crippen molar-refractivity contribution in [3.63, 3.8) is 0 Å². The molecule has 0 radical (unpaired) electrons. The zero-order valence-electron chi connectivity index (χ0n) is 14.3. The van der Waals surface area contributed by atoms with Gasteiger partial charge in [0, 0.05) is 18.9 Å². The molecule has 2 aromatic rings. The first-order valence-electron chi connectivity index (χ1n) is 8.07. The Bertz CT molecular complexity index is 774. The van der Waals surface area contributed by atoms with Crippen LogP contribution in [0.3, 0.4) is 0 Å². The van der Waals surface area contributed by atoms with Crippen LogP contribution in [-0.2, 0) is 4.79 Å². The highest BCUT2D eigenvalue weighted by Gasteiger charge is 2.37. The molecular weight excluding hydrogens is 347 g/mol. The predicted molar refractivity (Wildman–Crippen MR) is 90.6 cm³/mol. The largest absolute Gasteiger partial charge is 0.342 e. The van der Waals surface area contributed by atoms with Crippen LogP contribution < -0.4 is 5.32 Å². The molecule has 1 atom stereocenters. The van der Waals surface area contributed by atoms with Gasteiger partial charge < -0.3 is 14.7 Å². The van der Waals surface area contributed by atoms with E-state index in [1.165, 1.54) is 12.1 Å². The van der Waals surface area contributed by atoms with Gasteiger partial charge in [-0.15, -0.1) is 0 Å². The Kier molecular flexibility index (Phi) is 5.06. The SMILES string of the molecule is Cc1nc(C(NC(=O)C2CC(N(C)C)C2)c2ccc(Cl)c(F)c2)no1. The maximum Gasteiger partial charge on any atom is 0.224 e. The van der Waals surface area contributed by atoms with E-state index in [9.17, 15) is 9.18 Å². The van der Waals surface area contributed by atoms with Crippen molar-refractivity contribution in [1.29, 1.82) is 0 Å². The molecule has 1 aliphatic rings. The minimum Gasteiger partial charge on any atom is -0.342 e. The molecule has 0 bridgehead atoms. The second-order valence-corrected chi connectivity index (χ2v) is 6.98. The quantitative estimate of drug-likeness (QED) is 0.881. The third-order valence-electron chi connectivity index (χ3n) is 4.58. The molecule has 1 aromatic carbocycles. The molecule has 1 heterocycles. The molecule has 1 aromatic heterocycles. The van der Waals surface area contributed by atoms with Crippen molar-refractivity contribution < 1.29 is 13.7 Å². The summed E-state index contributed by atoms with van der Waals surface area (Å²) in [4.78, 5) is 18.9.